The van der Waals surface area contributed by atoms with E-state index in [4.69, 9.17) is 4.74 Å². The molecule has 0 fully saturated rings. The van der Waals surface area contributed by atoms with E-state index in [1.54, 1.807) is 7.11 Å². The average Bonchev–Trinajstić information content (AvgIpc) is 2.92. The molecule has 0 saturated heterocycles. The second-order valence-corrected chi connectivity index (χ2v) is 6.71. The van der Waals surface area contributed by atoms with Crippen molar-refractivity contribution in [2.75, 3.05) is 7.11 Å². The fourth-order valence-electron chi connectivity index (χ4n) is 2.70. The maximum Gasteiger partial charge on any atom is 0.236 e. The summed E-state index contributed by atoms with van der Waals surface area (Å²) in [5.41, 5.74) is 2.38. The highest BCUT2D eigenvalue weighted by molar-refractivity contribution is 6.00. The molecule has 23 heavy (non-hydrogen) atoms. The van der Waals surface area contributed by atoms with Gasteiger partial charge >= 0.3 is 0 Å². The van der Waals surface area contributed by atoms with Crippen LogP contribution in [-0.4, -0.2) is 17.6 Å². The zero-order valence-corrected chi connectivity index (χ0v) is 14.0. The Morgan fingerprint density at radius 1 is 1.00 bits per heavy atom. The van der Waals surface area contributed by atoms with Gasteiger partial charge in [-0.05, 0) is 29.8 Å². The van der Waals surface area contributed by atoms with Crippen LogP contribution < -0.4 is 4.74 Å². The minimum atomic E-state index is -0.463. The van der Waals surface area contributed by atoms with Crippen molar-refractivity contribution in [1.82, 2.24) is 4.57 Å². The first-order valence-electron chi connectivity index (χ1n) is 7.71. The van der Waals surface area contributed by atoms with Crippen LogP contribution in [0.3, 0.4) is 0 Å². The lowest BCUT2D eigenvalue weighted by atomic mass is 9.95. The summed E-state index contributed by atoms with van der Waals surface area (Å²) in [6.07, 6.45) is 0. The van der Waals surface area contributed by atoms with Gasteiger partial charge in [-0.3, -0.25) is 9.36 Å². The number of fused-ring (bicyclic) bond motifs is 1. The quantitative estimate of drug-likeness (QED) is 0.667. The van der Waals surface area contributed by atoms with Gasteiger partial charge in [0, 0.05) is 10.8 Å². The van der Waals surface area contributed by atoms with Gasteiger partial charge in [-0.1, -0.05) is 51.1 Å². The number of ether oxygens (including phenoxy) is 1. The third-order valence-electron chi connectivity index (χ3n) is 3.92. The van der Waals surface area contributed by atoms with Crippen LogP contribution in [0, 0.1) is 5.41 Å². The van der Waals surface area contributed by atoms with E-state index in [0.717, 1.165) is 27.9 Å². The number of nitrogens with zero attached hydrogens (tertiary/aromatic N) is 1. The first kappa shape index (κ1) is 15.3. The minimum Gasteiger partial charge on any atom is -0.497 e. The van der Waals surface area contributed by atoms with Gasteiger partial charge in [-0.2, -0.15) is 0 Å². The summed E-state index contributed by atoms with van der Waals surface area (Å²) >= 11 is 0. The molecule has 0 N–H and O–H groups in total. The molecule has 0 aliphatic rings. The molecule has 0 unspecified atom stereocenters. The molecule has 0 aliphatic heterocycles. The van der Waals surface area contributed by atoms with Crippen LogP contribution in [0.1, 0.15) is 25.6 Å². The lowest BCUT2D eigenvalue weighted by Gasteiger charge is -2.20. The highest BCUT2D eigenvalue weighted by atomic mass is 16.5. The van der Waals surface area contributed by atoms with Crippen molar-refractivity contribution in [2.45, 2.75) is 20.8 Å². The summed E-state index contributed by atoms with van der Waals surface area (Å²) in [5.74, 6) is 0.869. The van der Waals surface area contributed by atoms with Crippen molar-refractivity contribution < 1.29 is 9.53 Å². The molecule has 0 amide bonds. The number of carbonyl (C=O) groups is 1. The van der Waals surface area contributed by atoms with Crippen molar-refractivity contribution in [2.24, 2.45) is 5.41 Å². The third kappa shape index (κ3) is 2.74. The zero-order valence-electron chi connectivity index (χ0n) is 14.0. The van der Waals surface area contributed by atoms with Crippen LogP contribution in [0.25, 0.3) is 22.2 Å². The van der Waals surface area contributed by atoms with Crippen LogP contribution in [-0.2, 0) is 0 Å². The molecule has 0 radical (unpaired) electrons. The lowest BCUT2D eigenvalue weighted by Crippen LogP contribution is -2.27. The summed E-state index contributed by atoms with van der Waals surface area (Å²) in [6, 6.07) is 17.9. The van der Waals surface area contributed by atoms with Gasteiger partial charge in [0.15, 0.2) is 0 Å². The number of methoxy groups -OCH3 is 1. The highest BCUT2D eigenvalue weighted by Gasteiger charge is 2.27. The fraction of sp³-hybridized carbons (Fsp3) is 0.250. The molecule has 0 atom stereocenters. The van der Waals surface area contributed by atoms with E-state index in [0.29, 0.717) is 0 Å². The average molecular weight is 307 g/mol. The smallest absolute Gasteiger partial charge is 0.236 e. The number of benzene rings is 2. The maximum absolute atomic E-state index is 13.0. The predicted molar refractivity (Wildman–Crippen MR) is 94.0 cm³/mol. The molecule has 0 bridgehead atoms. The van der Waals surface area contributed by atoms with E-state index < -0.39 is 5.41 Å². The molecular weight excluding hydrogens is 286 g/mol. The van der Waals surface area contributed by atoms with Gasteiger partial charge in [0.2, 0.25) is 5.91 Å². The number of rotatable bonds is 2. The Hall–Kier alpha value is -2.55. The Morgan fingerprint density at radius 3 is 2.30 bits per heavy atom. The number of aromatic nitrogens is 1. The SMILES string of the molecule is COc1ccc2c(c1)cc(-c1ccccc1)n2C(=O)C(C)(C)C. The molecule has 1 aromatic heterocycles. The molecule has 3 nitrogen and oxygen atoms in total. The van der Waals surface area contributed by atoms with Gasteiger partial charge in [-0.25, -0.2) is 0 Å². The van der Waals surface area contributed by atoms with Crippen molar-refractivity contribution in [3.05, 3.63) is 54.6 Å². The van der Waals surface area contributed by atoms with Gasteiger partial charge < -0.3 is 4.74 Å². The van der Waals surface area contributed by atoms with Crippen LogP contribution in [0.4, 0.5) is 0 Å². The Labute approximate surface area is 136 Å². The summed E-state index contributed by atoms with van der Waals surface area (Å²) < 4.78 is 7.13. The highest BCUT2D eigenvalue weighted by Crippen LogP contribution is 2.33. The van der Waals surface area contributed by atoms with E-state index in [1.807, 2.05) is 73.9 Å². The molecule has 3 rings (SSSR count). The van der Waals surface area contributed by atoms with Gasteiger partial charge in [-0.15, -0.1) is 0 Å². The zero-order chi connectivity index (χ0) is 16.6. The van der Waals surface area contributed by atoms with Crippen molar-refractivity contribution >= 4 is 16.8 Å². The molecular formula is C20H21NO2. The molecule has 2 aromatic carbocycles. The van der Waals surface area contributed by atoms with Crippen molar-refractivity contribution in [3.63, 3.8) is 0 Å². The first-order valence-corrected chi connectivity index (χ1v) is 7.71. The second kappa shape index (κ2) is 5.58. The topological polar surface area (TPSA) is 31.2 Å². The first-order chi connectivity index (χ1) is 10.9. The van der Waals surface area contributed by atoms with Crippen molar-refractivity contribution in [1.29, 1.82) is 0 Å². The standard InChI is InChI=1S/C20H21NO2/c1-20(2,3)19(22)21-17-11-10-16(23-4)12-15(17)13-18(21)14-8-6-5-7-9-14/h5-13H,1-4H3. The number of carbonyl (C=O) groups excluding carboxylic acids is 1. The van der Waals surface area contributed by atoms with E-state index in [2.05, 4.69) is 6.07 Å². The van der Waals surface area contributed by atoms with Crippen LogP contribution in [0.5, 0.6) is 5.75 Å². The molecule has 118 valence electrons. The number of hydrogen-bond donors (Lipinski definition) is 0. The van der Waals surface area contributed by atoms with Crippen LogP contribution >= 0.6 is 0 Å². The van der Waals surface area contributed by atoms with Crippen molar-refractivity contribution in [3.8, 4) is 17.0 Å². The second-order valence-electron chi connectivity index (χ2n) is 6.71. The van der Waals surface area contributed by atoms with Crippen LogP contribution in [0.2, 0.25) is 0 Å². The van der Waals surface area contributed by atoms with E-state index in [1.165, 1.54) is 0 Å². The lowest BCUT2D eigenvalue weighted by molar-refractivity contribution is 0.0775. The number of hydrogen-bond acceptors (Lipinski definition) is 2. The monoisotopic (exact) mass is 307 g/mol. The molecule has 0 aliphatic carbocycles. The molecule has 3 aromatic rings. The Morgan fingerprint density at radius 2 is 1.70 bits per heavy atom. The predicted octanol–water partition coefficient (Wildman–Crippen LogP) is 5.00. The molecule has 0 spiro atoms. The summed E-state index contributed by atoms with van der Waals surface area (Å²) in [4.78, 5) is 13.0. The normalized spacial score (nSPS) is 11.7. The largest absolute Gasteiger partial charge is 0.497 e. The Balaban J connectivity index is 2.31. The van der Waals surface area contributed by atoms with Gasteiger partial charge in [0.25, 0.3) is 0 Å². The Kier molecular flexibility index (Phi) is 3.72. The minimum absolute atomic E-state index is 0.0801. The van der Waals surface area contributed by atoms with E-state index in [9.17, 15) is 4.79 Å². The molecule has 0 saturated carbocycles. The summed E-state index contributed by atoms with van der Waals surface area (Å²) in [6.45, 7) is 5.83. The fourth-order valence-corrected chi connectivity index (χ4v) is 2.70. The summed E-state index contributed by atoms with van der Waals surface area (Å²) in [5, 5.41) is 1.00. The van der Waals surface area contributed by atoms with Crippen LogP contribution in [0.15, 0.2) is 54.6 Å². The van der Waals surface area contributed by atoms with Gasteiger partial charge in [0.05, 0.1) is 18.3 Å². The third-order valence-corrected chi connectivity index (χ3v) is 3.92. The summed E-state index contributed by atoms with van der Waals surface area (Å²) in [7, 11) is 1.65. The van der Waals surface area contributed by atoms with Gasteiger partial charge in [0.1, 0.15) is 5.75 Å². The molecule has 1 heterocycles. The molecule has 3 heteroatoms. The van der Waals surface area contributed by atoms with E-state index >= 15 is 0 Å². The van der Waals surface area contributed by atoms with E-state index in [-0.39, 0.29) is 5.91 Å². The maximum atomic E-state index is 13.0. The Bertz CT molecular complexity index is 854.